The molecule has 0 atom stereocenters. The summed E-state index contributed by atoms with van der Waals surface area (Å²) in [5.41, 5.74) is 2.23. The highest BCUT2D eigenvalue weighted by Crippen LogP contribution is 2.08. The van der Waals surface area contributed by atoms with Crippen LogP contribution in [0, 0.1) is 5.92 Å². The fourth-order valence-corrected chi connectivity index (χ4v) is 0.442. The monoisotopic (exact) mass is 172 g/mol. The van der Waals surface area contributed by atoms with Gasteiger partial charge in [-0.1, -0.05) is 50.3 Å². The Morgan fingerprint density at radius 2 is 1.64 bits per heavy atom. The Balaban J connectivity index is 0. The highest BCUT2D eigenvalue weighted by Gasteiger charge is 1.92. The van der Waals surface area contributed by atoms with Crippen LogP contribution in [0.3, 0.4) is 0 Å². The van der Waals surface area contributed by atoms with Crippen molar-refractivity contribution in [2.45, 2.75) is 20.8 Å². The molecule has 0 N–H and O–H groups in total. The standard InChI is InChI=1S/C10H16.ClH/c1-8(2)6-7-10(5)9(3)4;/h6-7,9H,1,5H2,2-4H3;1H/b7-6-;. The van der Waals surface area contributed by atoms with E-state index < -0.39 is 0 Å². The highest BCUT2D eigenvalue weighted by molar-refractivity contribution is 5.85. The fourth-order valence-electron chi connectivity index (χ4n) is 0.442. The van der Waals surface area contributed by atoms with E-state index in [-0.39, 0.29) is 12.4 Å². The lowest BCUT2D eigenvalue weighted by Gasteiger charge is -2.01. The summed E-state index contributed by atoms with van der Waals surface area (Å²) in [7, 11) is 0. The summed E-state index contributed by atoms with van der Waals surface area (Å²) in [5.74, 6) is 0.538. The van der Waals surface area contributed by atoms with Gasteiger partial charge in [-0.2, -0.15) is 0 Å². The van der Waals surface area contributed by atoms with Gasteiger partial charge in [0.2, 0.25) is 0 Å². The maximum absolute atomic E-state index is 3.90. The normalized spacial score (nSPS) is 9.82. The Hall–Kier alpha value is -0.490. The van der Waals surface area contributed by atoms with Crippen LogP contribution in [0.15, 0.2) is 36.5 Å². The highest BCUT2D eigenvalue weighted by atomic mass is 35.5. The van der Waals surface area contributed by atoms with Crippen LogP contribution >= 0.6 is 12.4 Å². The molecule has 0 aromatic rings. The maximum atomic E-state index is 3.90. The minimum atomic E-state index is 0. The van der Waals surface area contributed by atoms with Crippen LogP contribution in [0.1, 0.15) is 20.8 Å². The van der Waals surface area contributed by atoms with Crippen molar-refractivity contribution in [2.24, 2.45) is 5.92 Å². The second-order valence-electron chi connectivity index (χ2n) is 2.91. The van der Waals surface area contributed by atoms with E-state index in [1.54, 1.807) is 0 Å². The Labute approximate surface area is 76.1 Å². The molecule has 0 bridgehead atoms. The summed E-state index contributed by atoms with van der Waals surface area (Å²) in [6.45, 7) is 13.9. The van der Waals surface area contributed by atoms with Crippen molar-refractivity contribution < 1.29 is 0 Å². The zero-order chi connectivity index (χ0) is 8.15. The molecule has 1 heteroatoms. The molecule has 0 radical (unpaired) electrons. The lowest BCUT2D eigenvalue weighted by Crippen LogP contribution is -1.86. The fraction of sp³-hybridized carbons (Fsp3) is 0.400. The smallest absolute Gasteiger partial charge is 0.0225 e. The Morgan fingerprint density at radius 1 is 1.18 bits per heavy atom. The third kappa shape index (κ3) is 7.41. The van der Waals surface area contributed by atoms with Crippen LogP contribution in [0.2, 0.25) is 0 Å². The lowest BCUT2D eigenvalue weighted by molar-refractivity contribution is 0.795. The molecule has 0 heterocycles. The van der Waals surface area contributed by atoms with Crippen LogP contribution in [0.5, 0.6) is 0 Å². The predicted octanol–water partition coefficient (Wildman–Crippen LogP) is 3.75. The van der Waals surface area contributed by atoms with E-state index in [2.05, 4.69) is 27.0 Å². The largest absolute Gasteiger partial charge is 0.147 e. The first-order valence-corrected chi connectivity index (χ1v) is 3.56. The van der Waals surface area contributed by atoms with E-state index in [9.17, 15) is 0 Å². The molecule has 0 aliphatic carbocycles. The maximum Gasteiger partial charge on any atom is -0.0225 e. The van der Waals surface area contributed by atoms with Gasteiger partial charge in [-0.25, -0.2) is 0 Å². The molecule has 0 spiro atoms. The number of hydrogen-bond acceptors (Lipinski definition) is 0. The van der Waals surface area contributed by atoms with Crippen molar-refractivity contribution >= 4 is 12.4 Å². The zero-order valence-electron chi connectivity index (χ0n) is 7.55. The molecule has 11 heavy (non-hydrogen) atoms. The molecule has 0 saturated carbocycles. The van der Waals surface area contributed by atoms with Crippen molar-refractivity contribution in [3.63, 3.8) is 0 Å². The van der Waals surface area contributed by atoms with E-state index in [0.29, 0.717) is 5.92 Å². The van der Waals surface area contributed by atoms with Gasteiger partial charge in [0.25, 0.3) is 0 Å². The third-order valence-electron chi connectivity index (χ3n) is 1.32. The van der Waals surface area contributed by atoms with Crippen molar-refractivity contribution in [1.29, 1.82) is 0 Å². The van der Waals surface area contributed by atoms with Crippen LogP contribution in [0.25, 0.3) is 0 Å². The van der Waals surface area contributed by atoms with Gasteiger partial charge in [-0.05, 0) is 12.8 Å². The summed E-state index contributed by atoms with van der Waals surface area (Å²) in [6, 6.07) is 0. The molecule has 64 valence electrons. The van der Waals surface area contributed by atoms with E-state index >= 15 is 0 Å². The Morgan fingerprint density at radius 3 is 1.91 bits per heavy atom. The number of hydrogen-bond donors (Lipinski definition) is 0. The summed E-state index contributed by atoms with van der Waals surface area (Å²) < 4.78 is 0. The summed E-state index contributed by atoms with van der Waals surface area (Å²) >= 11 is 0. The first-order valence-electron chi connectivity index (χ1n) is 3.56. The number of allylic oxidation sites excluding steroid dienone is 4. The topological polar surface area (TPSA) is 0 Å². The average Bonchev–Trinajstić information content (AvgIpc) is 1.82. The second-order valence-corrected chi connectivity index (χ2v) is 2.91. The summed E-state index contributed by atoms with van der Waals surface area (Å²) in [5, 5.41) is 0. The molecule has 0 rings (SSSR count). The van der Waals surface area contributed by atoms with Gasteiger partial charge >= 0.3 is 0 Å². The number of rotatable bonds is 3. The van der Waals surface area contributed by atoms with Crippen LogP contribution < -0.4 is 0 Å². The van der Waals surface area contributed by atoms with Crippen molar-refractivity contribution in [2.75, 3.05) is 0 Å². The molecule has 0 fully saturated rings. The Bertz CT molecular complexity index is 164. The van der Waals surface area contributed by atoms with Gasteiger partial charge in [-0.15, -0.1) is 12.4 Å². The SMILES string of the molecule is C=C(C)/C=C\C(=C)C(C)C.Cl. The van der Waals surface area contributed by atoms with Gasteiger partial charge in [0.05, 0.1) is 0 Å². The van der Waals surface area contributed by atoms with Crippen molar-refractivity contribution in [3.8, 4) is 0 Å². The van der Waals surface area contributed by atoms with Crippen LogP contribution in [-0.4, -0.2) is 0 Å². The van der Waals surface area contributed by atoms with Crippen LogP contribution in [-0.2, 0) is 0 Å². The van der Waals surface area contributed by atoms with Crippen molar-refractivity contribution in [1.82, 2.24) is 0 Å². The van der Waals surface area contributed by atoms with Crippen molar-refractivity contribution in [3.05, 3.63) is 36.5 Å². The molecule has 0 aromatic heterocycles. The lowest BCUT2D eigenvalue weighted by atomic mass is 10.0. The Kier molecular flexibility index (Phi) is 7.44. The van der Waals surface area contributed by atoms with E-state index in [1.807, 2.05) is 19.1 Å². The molecular formula is C10H17Cl. The minimum Gasteiger partial charge on any atom is -0.147 e. The summed E-state index contributed by atoms with van der Waals surface area (Å²) in [4.78, 5) is 0. The molecule has 0 aromatic carbocycles. The van der Waals surface area contributed by atoms with E-state index in [4.69, 9.17) is 0 Å². The first kappa shape index (κ1) is 13.1. The second kappa shape index (κ2) is 6.23. The van der Waals surface area contributed by atoms with Gasteiger partial charge in [0, 0.05) is 0 Å². The molecule has 0 aliphatic rings. The number of halogens is 1. The summed E-state index contributed by atoms with van der Waals surface area (Å²) in [6.07, 6.45) is 4.01. The van der Waals surface area contributed by atoms with E-state index in [1.165, 1.54) is 0 Å². The first-order chi connectivity index (χ1) is 4.54. The van der Waals surface area contributed by atoms with Gasteiger partial charge in [-0.3, -0.25) is 0 Å². The van der Waals surface area contributed by atoms with E-state index in [0.717, 1.165) is 11.1 Å². The zero-order valence-corrected chi connectivity index (χ0v) is 8.37. The third-order valence-corrected chi connectivity index (χ3v) is 1.32. The molecule has 0 amide bonds. The molecule has 0 nitrogen and oxygen atoms in total. The predicted molar refractivity (Wildman–Crippen MR) is 55.2 cm³/mol. The molecule has 0 aliphatic heterocycles. The van der Waals surface area contributed by atoms with Crippen LogP contribution in [0.4, 0.5) is 0 Å². The molecule has 0 unspecified atom stereocenters. The van der Waals surface area contributed by atoms with Gasteiger partial charge < -0.3 is 0 Å². The minimum absolute atomic E-state index is 0. The quantitative estimate of drug-likeness (QED) is 0.569. The van der Waals surface area contributed by atoms with Gasteiger partial charge in [0.1, 0.15) is 0 Å². The average molecular weight is 173 g/mol. The molecule has 0 saturated heterocycles. The van der Waals surface area contributed by atoms with Gasteiger partial charge in [0.15, 0.2) is 0 Å². The molecular weight excluding hydrogens is 156 g/mol.